The molecule has 2 aromatic carbocycles. The van der Waals surface area contributed by atoms with Gasteiger partial charge in [-0.25, -0.2) is 17.6 Å². The van der Waals surface area contributed by atoms with E-state index in [-0.39, 0.29) is 12.0 Å². The van der Waals surface area contributed by atoms with Gasteiger partial charge in [0.1, 0.15) is 22.9 Å². The highest BCUT2D eigenvalue weighted by Gasteiger charge is 2.42. The van der Waals surface area contributed by atoms with Crippen molar-refractivity contribution < 1.29 is 35.8 Å². The van der Waals surface area contributed by atoms with E-state index in [9.17, 15) is 26.3 Å². The van der Waals surface area contributed by atoms with E-state index in [0.717, 1.165) is 50.0 Å². The molecule has 2 atom stereocenters. The van der Waals surface area contributed by atoms with Crippen LogP contribution in [0.2, 0.25) is 0 Å². The molecule has 2 unspecified atom stereocenters. The van der Waals surface area contributed by atoms with E-state index in [1.807, 2.05) is 0 Å². The molecule has 2 aliphatic carbocycles. The Labute approximate surface area is 213 Å². The van der Waals surface area contributed by atoms with Crippen molar-refractivity contribution in [3.63, 3.8) is 0 Å². The van der Waals surface area contributed by atoms with Gasteiger partial charge in [-0.15, -0.1) is 0 Å². The van der Waals surface area contributed by atoms with Crippen LogP contribution in [-0.4, -0.2) is 12.7 Å². The summed E-state index contributed by atoms with van der Waals surface area (Å²) in [5.74, 6) is -4.53. The van der Waals surface area contributed by atoms with Crippen LogP contribution >= 0.6 is 0 Å². The molecule has 3 aliphatic rings. The van der Waals surface area contributed by atoms with Gasteiger partial charge in [-0.05, 0) is 92.0 Å². The fourth-order valence-electron chi connectivity index (χ4n) is 6.63. The average Bonchev–Trinajstić information content (AvgIpc) is 3.41. The molecule has 37 heavy (non-hydrogen) atoms. The fourth-order valence-corrected chi connectivity index (χ4v) is 6.63. The van der Waals surface area contributed by atoms with Crippen molar-refractivity contribution in [3.05, 3.63) is 64.7 Å². The van der Waals surface area contributed by atoms with E-state index < -0.39 is 40.7 Å². The number of benzene rings is 2. The molecule has 0 amide bonds. The molecule has 3 fully saturated rings. The highest BCUT2D eigenvalue weighted by Crippen LogP contribution is 2.44. The smallest absolute Gasteiger partial charge is 0.429 e. The van der Waals surface area contributed by atoms with Crippen molar-refractivity contribution in [1.29, 1.82) is 0 Å². The van der Waals surface area contributed by atoms with Gasteiger partial charge in [0, 0.05) is 6.07 Å². The van der Waals surface area contributed by atoms with Gasteiger partial charge in [0.25, 0.3) is 0 Å². The second kappa shape index (κ2) is 10.9. The standard InChI is InChI=1S/C29H32F6O2/c30-23-11-10-22(15-24(23)31)37-29(34,35)28-25(32)13-21(14-26(28)33)18-5-7-19(8-6-18)27-12-9-20(16-36-27)17-3-1-2-4-17/h10-11,13-15,17-20,27H,1-9,12,16H2. The summed E-state index contributed by atoms with van der Waals surface area (Å²) in [4.78, 5) is 0. The van der Waals surface area contributed by atoms with Crippen LogP contribution in [0.25, 0.3) is 0 Å². The fraction of sp³-hybridized carbons (Fsp3) is 0.586. The molecule has 8 heteroatoms. The number of hydrogen-bond donors (Lipinski definition) is 0. The third-order valence-electron chi connectivity index (χ3n) is 8.67. The minimum atomic E-state index is -4.41. The third-order valence-corrected chi connectivity index (χ3v) is 8.67. The predicted octanol–water partition coefficient (Wildman–Crippen LogP) is 8.63. The van der Waals surface area contributed by atoms with Crippen LogP contribution < -0.4 is 4.74 Å². The Balaban J connectivity index is 1.20. The lowest BCUT2D eigenvalue weighted by atomic mass is 9.74. The highest BCUT2D eigenvalue weighted by molar-refractivity contribution is 5.32. The summed E-state index contributed by atoms with van der Waals surface area (Å²) >= 11 is 0. The Morgan fingerprint density at radius 2 is 1.32 bits per heavy atom. The lowest BCUT2D eigenvalue weighted by molar-refractivity contribution is -0.189. The van der Waals surface area contributed by atoms with Gasteiger partial charge in [-0.2, -0.15) is 8.78 Å². The maximum absolute atomic E-state index is 14.8. The van der Waals surface area contributed by atoms with Gasteiger partial charge >= 0.3 is 6.11 Å². The molecule has 1 heterocycles. The molecule has 2 aromatic rings. The van der Waals surface area contributed by atoms with Crippen molar-refractivity contribution in [2.24, 2.45) is 17.8 Å². The van der Waals surface area contributed by atoms with E-state index in [0.29, 0.717) is 42.4 Å². The summed E-state index contributed by atoms with van der Waals surface area (Å²) in [5.41, 5.74) is -1.21. The van der Waals surface area contributed by atoms with E-state index in [2.05, 4.69) is 4.74 Å². The van der Waals surface area contributed by atoms with E-state index >= 15 is 0 Å². The summed E-state index contributed by atoms with van der Waals surface area (Å²) < 4.78 is 95.9. The third kappa shape index (κ3) is 5.79. The lowest BCUT2D eigenvalue weighted by Gasteiger charge is -2.39. The largest absolute Gasteiger partial charge is 0.432 e. The normalized spacial score (nSPS) is 27.4. The Kier molecular flexibility index (Phi) is 7.75. The van der Waals surface area contributed by atoms with Crippen LogP contribution in [0.5, 0.6) is 5.75 Å². The van der Waals surface area contributed by atoms with Gasteiger partial charge in [-0.3, -0.25) is 0 Å². The monoisotopic (exact) mass is 526 g/mol. The first-order valence-corrected chi connectivity index (χ1v) is 13.3. The summed E-state index contributed by atoms with van der Waals surface area (Å²) in [7, 11) is 0. The zero-order valence-electron chi connectivity index (χ0n) is 20.6. The Bertz CT molecular complexity index is 1060. The van der Waals surface area contributed by atoms with Gasteiger partial charge in [-0.1, -0.05) is 25.7 Å². The summed E-state index contributed by atoms with van der Waals surface area (Å²) in [6, 6.07) is 3.64. The number of alkyl halides is 2. The minimum Gasteiger partial charge on any atom is -0.429 e. The molecule has 0 radical (unpaired) electrons. The highest BCUT2D eigenvalue weighted by atomic mass is 19.3. The molecular formula is C29H32F6O2. The first kappa shape index (κ1) is 26.4. The molecule has 5 rings (SSSR count). The first-order valence-electron chi connectivity index (χ1n) is 13.3. The molecule has 202 valence electrons. The average molecular weight is 527 g/mol. The molecule has 0 spiro atoms. The van der Waals surface area contributed by atoms with Crippen LogP contribution in [0.3, 0.4) is 0 Å². The number of ether oxygens (including phenoxy) is 2. The van der Waals surface area contributed by atoms with Crippen molar-refractivity contribution in [3.8, 4) is 5.75 Å². The van der Waals surface area contributed by atoms with Crippen LogP contribution in [-0.2, 0) is 10.8 Å². The quantitative estimate of drug-likeness (QED) is 0.351. The van der Waals surface area contributed by atoms with Crippen molar-refractivity contribution in [2.45, 2.75) is 82.3 Å². The molecule has 2 saturated carbocycles. The van der Waals surface area contributed by atoms with E-state index in [4.69, 9.17) is 4.74 Å². The summed E-state index contributed by atoms with van der Waals surface area (Å²) in [6.45, 7) is 0.827. The molecule has 0 bridgehead atoms. The van der Waals surface area contributed by atoms with Gasteiger partial charge < -0.3 is 9.47 Å². The Hall–Kier alpha value is -2.22. The summed E-state index contributed by atoms with van der Waals surface area (Å²) in [6.07, 6.45) is 6.50. The second-order valence-electron chi connectivity index (χ2n) is 10.9. The van der Waals surface area contributed by atoms with Gasteiger partial charge in [0.15, 0.2) is 11.6 Å². The lowest BCUT2D eigenvalue weighted by Crippen LogP contribution is -2.35. The Morgan fingerprint density at radius 1 is 0.676 bits per heavy atom. The van der Waals surface area contributed by atoms with Crippen LogP contribution in [0.1, 0.15) is 81.3 Å². The number of rotatable bonds is 6. The molecule has 0 N–H and O–H groups in total. The molecular weight excluding hydrogens is 494 g/mol. The van der Waals surface area contributed by atoms with Crippen LogP contribution in [0.4, 0.5) is 26.3 Å². The minimum absolute atomic E-state index is 0.134. The first-order chi connectivity index (χ1) is 17.7. The Morgan fingerprint density at radius 3 is 1.92 bits per heavy atom. The van der Waals surface area contributed by atoms with Gasteiger partial charge in [0.2, 0.25) is 0 Å². The zero-order chi connectivity index (χ0) is 26.2. The van der Waals surface area contributed by atoms with E-state index in [1.165, 1.54) is 32.1 Å². The van der Waals surface area contributed by atoms with Crippen LogP contribution in [0.15, 0.2) is 30.3 Å². The van der Waals surface area contributed by atoms with Gasteiger partial charge in [0.05, 0.1) is 12.7 Å². The zero-order valence-corrected chi connectivity index (χ0v) is 20.6. The van der Waals surface area contributed by atoms with Crippen molar-refractivity contribution in [1.82, 2.24) is 0 Å². The topological polar surface area (TPSA) is 18.5 Å². The predicted molar refractivity (Wildman–Crippen MR) is 126 cm³/mol. The molecule has 2 nitrogen and oxygen atoms in total. The molecule has 1 aliphatic heterocycles. The van der Waals surface area contributed by atoms with Crippen molar-refractivity contribution in [2.75, 3.05) is 6.61 Å². The maximum atomic E-state index is 14.8. The second-order valence-corrected chi connectivity index (χ2v) is 10.9. The number of halogens is 6. The maximum Gasteiger partial charge on any atom is 0.432 e. The number of hydrogen-bond acceptors (Lipinski definition) is 2. The van der Waals surface area contributed by atoms with E-state index in [1.54, 1.807) is 0 Å². The van der Waals surface area contributed by atoms with Crippen molar-refractivity contribution >= 4 is 0 Å². The summed E-state index contributed by atoms with van der Waals surface area (Å²) in [5, 5.41) is 0. The van der Waals surface area contributed by atoms with Crippen LogP contribution in [0, 0.1) is 41.0 Å². The SMILES string of the molecule is Fc1ccc(OC(F)(F)c2c(F)cc(C3CCC(C4CCC(C5CCCC5)CO4)CC3)cc2F)cc1F. The molecule has 0 aromatic heterocycles. The molecule has 1 saturated heterocycles.